The second-order valence-electron chi connectivity index (χ2n) is 11.5. The van der Waals surface area contributed by atoms with E-state index in [2.05, 4.69) is 150 Å². The Labute approximate surface area is 243 Å². The molecule has 42 heavy (non-hydrogen) atoms. The molecular formula is C40H24N2. The number of rotatable bonds is 1. The van der Waals surface area contributed by atoms with E-state index in [1.54, 1.807) is 0 Å². The zero-order valence-electron chi connectivity index (χ0n) is 22.8. The highest BCUT2D eigenvalue weighted by Crippen LogP contribution is 2.62. The number of pyridine rings is 1. The van der Waals surface area contributed by atoms with Crippen LogP contribution in [-0.2, 0) is 5.41 Å². The summed E-state index contributed by atoms with van der Waals surface area (Å²) < 4.78 is 2.37. The molecule has 2 nitrogen and oxygen atoms in total. The number of benzene rings is 6. The van der Waals surface area contributed by atoms with Gasteiger partial charge in [0.25, 0.3) is 0 Å². The number of nitrogens with zero attached hydrogens (tertiary/aromatic N) is 2. The van der Waals surface area contributed by atoms with E-state index in [0.717, 1.165) is 22.4 Å². The summed E-state index contributed by atoms with van der Waals surface area (Å²) in [6.45, 7) is 0. The highest BCUT2D eigenvalue weighted by Gasteiger charge is 2.51. The number of para-hydroxylation sites is 2. The average molecular weight is 533 g/mol. The smallest absolute Gasteiger partial charge is 0.0824 e. The predicted molar refractivity (Wildman–Crippen MR) is 171 cm³/mol. The molecule has 2 heteroatoms. The van der Waals surface area contributed by atoms with E-state index in [9.17, 15) is 0 Å². The van der Waals surface area contributed by atoms with E-state index < -0.39 is 0 Å². The van der Waals surface area contributed by atoms with Gasteiger partial charge in [-0.05, 0) is 68.8 Å². The third-order valence-electron chi connectivity index (χ3n) is 9.62. The van der Waals surface area contributed by atoms with Crippen LogP contribution in [0.2, 0.25) is 0 Å². The van der Waals surface area contributed by atoms with E-state index in [1.165, 1.54) is 60.8 Å². The van der Waals surface area contributed by atoms with Crippen LogP contribution in [0.15, 0.2) is 146 Å². The molecular weight excluding hydrogens is 508 g/mol. The van der Waals surface area contributed by atoms with Gasteiger partial charge in [-0.1, -0.05) is 115 Å². The molecule has 1 spiro atoms. The molecule has 0 amide bonds. The van der Waals surface area contributed by atoms with Gasteiger partial charge in [-0.15, -0.1) is 0 Å². The molecule has 0 aromatic heterocycles. The van der Waals surface area contributed by atoms with Gasteiger partial charge in [0.15, 0.2) is 0 Å². The Hall–Kier alpha value is -5.47. The summed E-state index contributed by atoms with van der Waals surface area (Å²) >= 11 is 0. The lowest BCUT2D eigenvalue weighted by Crippen LogP contribution is -2.26. The van der Waals surface area contributed by atoms with Crippen LogP contribution in [-0.4, -0.2) is 9.55 Å². The molecule has 0 unspecified atom stereocenters. The second-order valence-corrected chi connectivity index (χ2v) is 11.5. The largest absolute Gasteiger partial charge is 0.316 e. The summed E-state index contributed by atoms with van der Waals surface area (Å²) in [5.41, 5.74) is 16.0. The van der Waals surface area contributed by atoms with E-state index in [4.69, 9.17) is 4.98 Å². The minimum Gasteiger partial charge on any atom is -0.316 e. The summed E-state index contributed by atoms with van der Waals surface area (Å²) in [6.07, 6.45) is 2.29. The first-order valence-electron chi connectivity index (χ1n) is 14.6. The van der Waals surface area contributed by atoms with Crippen molar-refractivity contribution in [2.24, 2.45) is 0 Å². The average Bonchev–Trinajstić information content (AvgIpc) is 3.68. The van der Waals surface area contributed by atoms with Crippen molar-refractivity contribution >= 4 is 21.8 Å². The van der Waals surface area contributed by atoms with Crippen molar-refractivity contribution in [3.8, 4) is 39.2 Å². The number of hydrogen-bond donors (Lipinski definition) is 0. The molecule has 2 heterocycles. The standard InChI is InChI=1S/C40H24N2/c1-6-16-33-26(11-1)27-12-2-7-17-34(27)40(33)35-18-8-3-13-28(35)29-22-21-25(23-36(29)40)42-24-32-30-14-4-9-19-37(30)41-39(32)31-15-5-10-20-38(31)42/h1-24H. The number of aromatic nitrogens is 2. The topological polar surface area (TPSA) is 17.8 Å². The van der Waals surface area contributed by atoms with Gasteiger partial charge in [0, 0.05) is 28.2 Å². The van der Waals surface area contributed by atoms with Crippen LogP contribution < -0.4 is 0 Å². The minimum absolute atomic E-state index is 0.357. The number of fused-ring (bicyclic) bond motifs is 15. The quantitative estimate of drug-likeness (QED) is 0.206. The molecule has 0 atom stereocenters. The zero-order chi connectivity index (χ0) is 27.4. The van der Waals surface area contributed by atoms with Crippen molar-refractivity contribution < 1.29 is 0 Å². The summed E-state index contributed by atoms with van der Waals surface area (Å²) in [7, 11) is 0. The third-order valence-corrected chi connectivity index (χ3v) is 9.62. The monoisotopic (exact) mass is 532 g/mol. The van der Waals surface area contributed by atoms with Gasteiger partial charge in [0.2, 0.25) is 0 Å². The second kappa shape index (κ2) is 7.84. The maximum atomic E-state index is 5.06. The van der Waals surface area contributed by atoms with Gasteiger partial charge in [-0.2, -0.15) is 0 Å². The van der Waals surface area contributed by atoms with E-state index >= 15 is 0 Å². The van der Waals surface area contributed by atoms with Crippen LogP contribution in [0.1, 0.15) is 22.3 Å². The SMILES string of the molecule is c1ccc2c(c1)-c1ccccc1C21c2ccccc2-c2ccc(-n3cc4c5ccccc5nc-4c4ccccc43)cc21. The van der Waals surface area contributed by atoms with E-state index in [1.807, 2.05) is 0 Å². The Morgan fingerprint density at radius 1 is 0.452 bits per heavy atom. The Morgan fingerprint density at radius 2 is 1.00 bits per heavy atom. The molecule has 194 valence electrons. The lowest BCUT2D eigenvalue weighted by molar-refractivity contribution is 0.792. The number of hydrogen-bond acceptors (Lipinski definition) is 1. The van der Waals surface area contributed by atoms with Crippen LogP contribution in [0.5, 0.6) is 0 Å². The van der Waals surface area contributed by atoms with Crippen molar-refractivity contribution in [2.75, 3.05) is 0 Å². The summed E-state index contributed by atoms with van der Waals surface area (Å²) in [6, 6.07) is 51.2. The molecule has 10 rings (SSSR count). The van der Waals surface area contributed by atoms with Crippen molar-refractivity contribution in [3.63, 3.8) is 0 Å². The molecule has 2 aliphatic carbocycles. The summed E-state index contributed by atoms with van der Waals surface area (Å²) in [5, 5.41) is 2.36. The Kier molecular flexibility index (Phi) is 4.15. The van der Waals surface area contributed by atoms with Gasteiger partial charge < -0.3 is 4.57 Å². The molecule has 0 saturated heterocycles. The minimum atomic E-state index is -0.357. The molecule has 6 aromatic rings. The lowest BCUT2D eigenvalue weighted by atomic mass is 9.70. The molecule has 0 fully saturated rings. The van der Waals surface area contributed by atoms with Crippen LogP contribution in [0.4, 0.5) is 0 Å². The first kappa shape index (κ1) is 22.2. The van der Waals surface area contributed by atoms with E-state index in [-0.39, 0.29) is 5.41 Å². The van der Waals surface area contributed by atoms with Crippen molar-refractivity contribution in [1.82, 2.24) is 9.55 Å². The fourth-order valence-electron chi connectivity index (χ4n) is 7.97. The molecule has 6 aromatic carbocycles. The van der Waals surface area contributed by atoms with Gasteiger partial charge in [0.1, 0.15) is 0 Å². The Bertz CT molecular complexity index is 2310. The first-order valence-corrected chi connectivity index (χ1v) is 14.6. The Balaban J connectivity index is 1.33. The van der Waals surface area contributed by atoms with E-state index in [0.29, 0.717) is 0 Å². The molecule has 2 aliphatic heterocycles. The predicted octanol–water partition coefficient (Wildman–Crippen LogP) is 9.63. The van der Waals surface area contributed by atoms with Gasteiger partial charge in [-0.3, -0.25) is 0 Å². The van der Waals surface area contributed by atoms with Crippen LogP contribution in [0.25, 0.3) is 61.0 Å². The molecule has 0 radical (unpaired) electrons. The van der Waals surface area contributed by atoms with Gasteiger partial charge in [-0.25, -0.2) is 4.98 Å². The molecule has 0 bridgehead atoms. The van der Waals surface area contributed by atoms with Crippen molar-refractivity contribution in [2.45, 2.75) is 5.41 Å². The fourth-order valence-corrected chi connectivity index (χ4v) is 7.97. The summed E-state index contributed by atoms with van der Waals surface area (Å²) in [4.78, 5) is 5.06. The van der Waals surface area contributed by atoms with Gasteiger partial charge >= 0.3 is 0 Å². The molecule has 4 aliphatic rings. The highest BCUT2D eigenvalue weighted by molar-refractivity contribution is 6.07. The van der Waals surface area contributed by atoms with Crippen LogP contribution >= 0.6 is 0 Å². The molecule has 0 saturated carbocycles. The first-order chi connectivity index (χ1) is 20.8. The van der Waals surface area contributed by atoms with Crippen LogP contribution in [0, 0.1) is 0 Å². The third kappa shape index (κ3) is 2.59. The Morgan fingerprint density at radius 3 is 1.69 bits per heavy atom. The molecule has 0 N–H and O–H groups in total. The maximum absolute atomic E-state index is 5.06. The lowest BCUT2D eigenvalue weighted by Gasteiger charge is -2.30. The normalized spacial score (nSPS) is 13.9. The summed E-state index contributed by atoms with van der Waals surface area (Å²) in [5.74, 6) is 0. The fraction of sp³-hybridized carbons (Fsp3) is 0.0250. The highest BCUT2D eigenvalue weighted by atomic mass is 15.0. The van der Waals surface area contributed by atoms with Crippen molar-refractivity contribution in [1.29, 1.82) is 0 Å². The van der Waals surface area contributed by atoms with Crippen LogP contribution in [0.3, 0.4) is 0 Å². The van der Waals surface area contributed by atoms with Gasteiger partial charge in [0.05, 0.1) is 22.1 Å². The zero-order valence-corrected chi connectivity index (χ0v) is 22.8. The maximum Gasteiger partial charge on any atom is 0.0824 e. The van der Waals surface area contributed by atoms with Crippen molar-refractivity contribution in [3.05, 3.63) is 168 Å².